The smallest absolute Gasteiger partial charge is 0.0585 e. The van der Waals surface area contributed by atoms with Crippen molar-refractivity contribution in [3.05, 3.63) is 34.9 Å². The lowest BCUT2D eigenvalue weighted by Crippen LogP contribution is -2.25. The standard InChI is InChI=1S/C12H13ClO/c13-10-3-1-2-9(6-10)12-5-4-11(7-12)14-8-12/h1-3,6,11H,4-5,7-8H2. The number of ether oxygens (including phenoxy) is 1. The zero-order valence-corrected chi connectivity index (χ0v) is 8.76. The normalized spacial score (nSPS) is 35.1. The maximum atomic E-state index is 6.02. The van der Waals surface area contributed by atoms with E-state index in [1.165, 1.54) is 24.8 Å². The molecule has 1 aromatic rings. The Kier molecular flexibility index (Phi) is 1.86. The molecule has 1 aromatic carbocycles. The molecule has 14 heavy (non-hydrogen) atoms. The molecule has 2 bridgehead atoms. The molecule has 0 spiro atoms. The minimum absolute atomic E-state index is 0.287. The fourth-order valence-corrected chi connectivity index (χ4v) is 2.98. The van der Waals surface area contributed by atoms with Crippen LogP contribution in [0.25, 0.3) is 0 Å². The Hall–Kier alpha value is -0.530. The van der Waals surface area contributed by atoms with Crippen molar-refractivity contribution in [2.24, 2.45) is 0 Å². The van der Waals surface area contributed by atoms with E-state index in [0.29, 0.717) is 6.10 Å². The first-order chi connectivity index (χ1) is 6.78. The van der Waals surface area contributed by atoms with Crippen LogP contribution in [0.2, 0.25) is 5.02 Å². The van der Waals surface area contributed by atoms with Crippen molar-refractivity contribution in [2.45, 2.75) is 30.8 Å². The van der Waals surface area contributed by atoms with Gasteiger partial charge < -0.3 is 4.74 Å². The summed E-state index contributed by atoms with van der Waals surface area (Å²) in [5, 5.41) is 0.840. The molecule has 2 aliphatic rings. The average Bonchev–Trinajstić information content (AvgIpc) is 2.78. The number of hydrogen-bond donors (Lipinski definition) is 0. The summed E-state index contributed by atoms with van der Waals surface area (Å²) in [5.74, 6) is 0. The van der Waals surface area contributed by atoms with E-state index in [2.05, 4.69) is 12.1 Å². The third-order valence-electron chi connectivity index (χ3n) is 3.60. The summed E-state index contributed by atoms with van der Waals surface area (Å²) >= 11 is 6.02. The van der Waals surface area contributed by atoms with Gasteiger partial charge in [0, 0.05) is 10.4 Å². The van der Waals surface area contributed by atoms with Crippen molar-refractivity contribution in [1.29, 1.82) is 0 Å². The molecule has 2 unspecified atom stereocenters. The van der Waals surface area contributed by atoms with Crippen LogP contribution >= 0.6 is 11.6 Å². The van der Waals surface area contributed by atoms with Gasteiger partial charge in [-0.25, -0.2) is 0 Å². The first-order valence-corrected chi connectivity index (χ1v) is 5.54. The van der Waals surface area contributed by atoms with Crippen molar-refractivity contribution in [1.82, 2.24) is 0 Å². The van der Waals surface area contributed by atoms with E-state index in [0.717, 1.165) is 11.6 Å². The Labute approximate surface area is 89.0 Å². The van der Waals surface area contributed by atoms with Crippen LogP contribution in [0.3, 0.4) is 0 Å². The monoisotopic (exact) mass is 208 g/mol. The van der Waals surface area contributed by atoms with E-state index in [1.54, 1.807) is 0 Å². The molecule has 1 heterocycles. The van der Waals surface area contributed by atoms with Gasteiger partial charge in [0.25, 0.3) is 0 Å². The summed E-state index contributed by atoms with van der Waals surface area (Å²) in [6.07, 6.45) is 4.17. The average molecular weight is 209 g/mol. The van der Waals surface area contributed by atoms with Crippen LogP contribution < -0.4 is 0 Å². The number of benzene rings is 1. The molecule has 2 atom stereocenters. The maximum Gasteiger partial charge on any atom is 0.0585 e. The number of halogens is 1. The second-order valence-corrected chi connectivity index (χ2v) is 4.90. The van der Waals surface area contributed by atoms with Gasteiger partial charge in [0.05, 0.1) is 12.7 Å². The largest absolute Gasteiger partial charge is 0.377 e. The first kappa shape index (κ1) is 8.75. The quantitative estimate of drug-likeness (QED) is 0.689. The van der Waals surface area contributed by atoms with Crippen molar-refractivity contribution in [3.63, 3.8) is 0 Å². The summed E-state index contributed by atoms with van der Waals surface area (Å²) in [5.41, 5.74) is 1.65. The molecular formula is C12H13ClO. The molecule has 2 heteroatoms. The highest BCUT2D eigenvalue weighted by atomic mass is 35.5. The highest BCUT2D eigenvalue weighted by Gasteiger charge is 2.47. The van der Waals surface area contributed by atoms with Gasteiger partial charge in [-0.1, -0.05) is 23.7 Å². The zero-order valence-electron chi connectivity index (χ0n) is 8.00. The SMILES string of the molecule is Clc1cccc(C23CCC(C2)OC3)c1. The van der Waals surface area contributed by atoms with Crippen LogP contribution in [0.15, 0.2) is 24.3 Å². The van der Waals surface area contributed by atoms with Gasteiger partial charge >= 0.3 is 0 Å². The van der Waals surface area contributed by atoms with Crippen LogP contribution in [0.5, 0.6) is 0 Å². The van der Waals surface area contributed by atoms with Crippen LogP contribution in [-0.2, 0) is 10.2 Å². The lowest BCUT2D eigenvalue weighted by molar-refractivity contribution is 0.0698. The fraction of sp³-hybridized carbons (Fsp3) is 0.500. The fourth-order valence-electron chi connectivity index (χ4n) is 2.79. The van der Waals surface area contributed by atoms with Gasteiger partial charge in [0.2, 0.25) is 0 Å². The van der Waals surface area contributed by atoms with Gasteiger partial charge in [-0.05, 0) is 37.0 Å². The highest BCUT2D eigenvalue weighted by molar-refractivity contribution is 6.30. The van der Waals surface area contributed by atoms with Gasteiger partial charge in [-0.2, -0.15) is 0 Å². The molecule has 1 aliphatic carbocycles. The summed E-state index contributed by atoms with van der Waals surface area (Å²) in [6.45, 7) is 0.887. The summed E-state index contributed by atoms with van der Waals surface area (Å²) in [7, 11) is 0. The third-order valence-corrected chi connectivity index (χ3v) is 3.83. The topological polar surface area (TPSA) is 9.23 Å². The Morgan fingerprint density at radius 3 is 2.93 bits per heavy atom. The predicted molar refractivity (Wildman–Crippen MR) is 56.7 cm³/mol. The molecule has 0 aromatic heterocycles. The number of fused-ring (bicyclic) bond motifs is 2. The van der Waals surface area contributed by atoms with Gasteiger partial charge in [-0.15, -0.1) is 0 Å². The highest BCUT2D eigenvalue weighted by Crippen LogP contribution is 2.48. The van der Waals surface area contributed by atoms with E-state index >= 15 is 0 Å². The van der Waals surface area contributed by atoms with E-state index in [1.807, 2.05) is 12.1 Å². The third kappa shape index (κ3) is 1.19. The van der Waals surface area contributed by atoms with E-state index in [4.69, 9.17) is 16.3 Å². The van der Waals surface area contributed by atoms with E-state index in [-0.39, 0.29) is 5.41 Å². The predicted octanol–water partition coefficient (Wildman–Crippen LogP) is 3.16. The van der Waals surface area contributed by atoms with Crippen LogP contribution in [0, 0.1) is 0 Å². The van der Waals surface area contributed by atoms with Crippen LogP contribution in [0.1, 0.15) is 24.8 Å². The molecule has 1 saturated heterocycles. The zero-order chi connectivity index (χ0) is 9.60. The lowest BCUT2D eigenvalue weighted by Gasteiger charge is -2.26. The second-order valence-electron chi connectivity index (χ2n) is 4.47. The van der Waals surface area contributed by atoms with Crippen LogP contribution in [0.4, 0.5) is 0 Å². The van der Waals surface area contributed by atoms with E-state index in [9.17, 15) is 0 Å². The number of hydrogen-bond acceptors (Lipinski definition) is 1. The van der Waals surface area contributed by atoms with Crippen molar-refractivity contribution in [3.8, 4) is 0 Å². The van der Waals surface area contributed by atoms with Gasteiger partial charge in [0.15, 0.2) is 0 Å². The van der Waals surface area contributed by atoms with Gasteiger partial charge in [0.1, 0.15) is 0 Å². The van der Waals surface area contributed by atoms with Gasteiger partial charge in [-0.3, -0.25) is 0 Å². The molecule has 0 amide bonds. The lowest BCUT2D eigenvalue weighted by atomic mass is 9.80. The molecular weight excluding hydrogens is 196 g/mol. The summed E-state index contributed by atoms with van der Waals surface area (Å²) in [4.78, 5) is 0. The minimum Gasteiger partial charge on any atom is -0.377 e. The molecule has 0 radical (unpaired) electrons. The molecule has 1 nitrogen and oxygen atoms in total. The maximum absolute atomic E-state index is 6.02. The second kappa shape index (κ2) is 2.98. The van der Waals surface area contributed by atoms with E-state index < -0.39 is 0 Å². The first-order valence-electron chi connectivity index (χ1n) is 5.16. The molecule has 1 aliphatic heterocycles. The number of rotatable bonds is 1. The van der Waals surface area contributed by atoms with Crippen molar-refractivity contribution < 1.29 is 4.74 Å². The van der Waals surface area contributed by atoms with Crippen LogP contribution in [-0.4, -0.2) is 12.7 Å². The molecule has 3 rings (SSSR count). The molecule has 0 N–H and O–H groups in total. The summed E-state index contributed by atoms with van der Waals surface area (Å²) in [6, 6.07) is 8.25. The van der Waals surface area contributed by atoms with Crippen molar-refractivity contribution in [2.75, 3.05) is 6.61 Å². The Balaban J connectivity index is 2.02. The molecule has 2 fully saturated rings. The molecule has 74 valence electrons. The molecule has 1 saturated carbocycles. The Morgan fingerprint density at radius 1 is 1.43 bits per heavy atom. The minimum atomic E-state index is 0.287. The van der Waals surface area contributed by atoms with Crippen molar-refractivity contribution >= 4 is 11.6 Å². The summed E-state index contributed by atoms with van der Waals surface area (Å²) < 4.78 is 5.71. The Morgan fingerprint density at radius 2 is 2.36 bits per heavy atom. The Bertz CT molecular complexity index is 353.